The van der Waals surface area contributed by atoms with Crippen molar-refractivity contribution in [3.63, 3.8) is 0 Å². The number of furan rings is 1. The largest absolute Gasteiger partial charge is 0.458 e. The van der Waals surface area contributed by atoms with Crippen molar-refractivity contribution in [1.82, 2.24) is 0 Å². The monoisotopic (exact) mass is 569 g/mol. The summed E-state index contributed by atoms with van der Waals surface area (Å²) in [5.41, 5.74) is 12.3. The van der Waals surface area contributed by atoms with E-state index in [4.69, 9.17) is 4.42 Å². The quantitative estimate of drug-likeness (QED) is 0.202. The van der Waals surface area contributed by atoms with Crippen LogP contribution in [-0.4, -0.2) is 0 Å². The number of rotatable bonds is 6. The van der Waals surface area contributed by atoms with E-state index in [0.717, 1.165) is 54.8 Å². The number of fused-ring (bicyclic) bond motifs is 3. The lowest BCUT2D eigenvalue weighted by atomic mass is 9.87. The number of nitrogens with zero attached hydrogens (tertiary/aromatic N) is 1. The molecule has 8 rings (SSSR count). The van der Waals surface area contributed by atoms with E-state index in [1.807, 2.05) is 0 Å². The summed E-state index contributed by atoms with van der Waals surface area (Å²) in [7, 11) is 0. The zero-order valence-electron chi connectivity index (χ0n) is 24.8. The molecule has 0 bridgehead atoms. The Kier molecular flexibility index (Phi) is 6.96. The maximum absolute atomic E-state index is 6.94. The van der Waals surface area contributed by atoms with Gasteiger partial charge in [-0.2, -0.15) is 0 Å². The fourth-order valence-corrected chi connectivity index (χ4v) is 6.99. The summed E-state index contributed by atoms with van der Waals surface area (Å²) in [6, 6.07) is 37.0. The Morgan fingerprint density at radius 1 is 0.636 bits per heavy atom. The van der Waals surface area contributed by atoms with Crippen LogP contribution in [0.4, 0.5) is 11.4 Å². The summed E-state index contributed by atoms with van der Waals surface area (Å²) in [6.45, 7) is 0. The SMILES string of the molecule is C1=CCCC(C2=CC=C(N(c3ccc(-c4ccccc4)cc3)c3cccc4c5c(oc34)C(c3ccccc3)CC=C5)CC2)=C1. The summed E-state index contributed by atoms with van der Waals surface area (Å²) in [6.07, 6.45) is 21.2. The van der Waals surface area contributed by atoms with Gasteiger partial charge in [-0.15, -0.1) is 0 Å². The average molecular weight is 570 g/mol. The van der Waals surface area contributed by atoms with E-state index >= 15 is 0 Å². The van der Waals surface area contributed by atoms with E-state index in [-0.39, 0.29) is 5.92 Å². The van der Waals surface area contributed by atoms with E-state index in [1.165, 1.54) is 44.5 Å². The van der Waals surface area contributed by atoms with Gasteiger partial charge in [0.25, 0.3) is 0 Å². The van der Waals surface area contributed by atoms with Gasteiger partial charge in [0.15, 0.2) is 5.58 Å². The first-order valence-electron chi connectivity index (χ1n) is 15.8. The third kappa shape index (κ3) is 4.87. The second-order valence-corrected chi connectivity index (χ2v) is 11.9. The summed E-state index contributed by atoms with van der Waals surface area (Å²) >= 11 is 0. The Morgan fingerprint density at radius 3 is 2.16 bits per heavy atom. The minimum Gasteiger partial charge on any atom is -0.458 e. The number of allylic oxidation sites excluding steroid dienone is 9. The molecule has 5 aromatic rings. The molecule has 1 aromatic heterocycles. The molecule has 1 atom stereocenters. The lowest BCUT2D eigenvalue weighted by Crippen LogP contribution is -2.18. The highest BCUT2D eigenvalue weighted by molar-refractivity contribution is 5.99. The molecule has 1 heterocycles. The highest BCUT2D eigenvalue weighted by Gasteiger charge is 2.28. The van der Waals surface area contributed by atoms with Crippen molar-refractivity contribution in [1.29, 1.82) is 0 Å². The second-order valence-electron chi connectivity index (χ2n) is 11.9. The molecule has 0 N–H and O–H groups in total. The second kappa shape index (κ2) is 11.5. The molecule has 2 nitrogen and oxygen atoms in total. The van der Waals surface area contributed by atoms with Crippen LogP contribution in [0.2, 0.25) is 0 Å². The minimum absolute atomic E-state index is 0.215. The van der Waals surface area contributed by atoms with Crippen LogP contribution in [0.25, 0.3) is 28.2 Å². The van der Waals surface area contributed by atoms with Crippen LogP contribution in [-0.2, 0) is 0 Å². The van der Waals surface area contributed by atoms with Gasteiger partial charge in [0.1, 0.15) is 5.76 Å². The van der Waals surface area contributed by atoms with Crippen LogP contribution in [0, 0.1) is 0 Å². The smallest absolute Gasteiger partial charge is 0.158 e. The summed E-state index contributed by atoms with van der Waals surface area (Å²) in [4.78, 5) is 2.43. The van der Waals surface area contributed by atoms with Crippen molar-refractivity contribution in [2.75, 3.05) is 4.90 Å². The van der Waals surface area contributed by atoms with E-state index < -0.39 is 0 Å². The van der Waals surface area contributed by atoms with Gasteiger partial charge in [-0.1, -0.05) is 121 Å². The topological polar surface area (TPSA) is 16.4 Å². The first kappa shape index (κ1) is 26.5. The van der Waals surface area contributed by atoms with Gasteiger partial charge in [-0.25, -0.2) is 0 Å². The van der Waals surface area contributed by atoms with Gasteiger partial charge in [0.2, 0.25) is 0 Å². The lowest BCUT2D eigenvalue weighted by Gasteiger charge is -2.30. The Labute approximate surface area is 259 Å². The summed E-state index contributed by atoms with van der Waals surface area (Å²) in [5.74, 6) is 1.28. The standard InChI is InChI=1S/C42H35NO/c1-4-12-30(13-5-1)32-22-26-35(27-23-32)43(36-28-24-33(25-29-36)31-14-6-2-7-15-31)40-21-11-20-39-38-19-10-18-37(41(38)44-42(39)40)34-16-8-3-9-17-34/h1-6,8-14,16-17,19-24,26-28,37H,7,15,18,25,29H2. The fraction of sp³-hybridized carbons (Fsp3) is 0.143. The normalized spacial score (nSPS) is 17.5. The highest BCUT2D eigenvalue weighted by atomic mass is 16.3. The Bertz CT molecular complexity index is 1970. The molecule has 0 spiro atoms. The molecular weight excluding hydrogens is 534 g/mol. The van der Waals surface area contributed by atoms with Crippen molar-refractivity contribution in [2.24, 2.45) is 0 Å². The zero-order chi connectivity index (χ0) is 29.3. The number of hydrogen-bond donors (Lipinski definition) is 0. The summed E-state index contributed by atoms with van der Waals surface area (Å²) in [5, 5.41) is 1.17. The third-order valence-electron chi connectivity index (χ3n) is 9.25. The Hall–Kier alpha value is -5.08. The van der Waals surface area contributed by atoms with Crippen molar-refractivity contribution in [3.05, 3.63) is 173 Å². The van der Waals surface area contributed by atoms with Crippen molar-refractivity contribution in [3.8, 4) is 11.1 Å². The first-order valence-corrected chi connectivity index (χ1v) is 15.8. The van der Waals surface area contributed by atoms with Crippen LogP contribution in [0.1, 0.15) is 54.9 Å². The molecule has 0 fully saturated rings. The number of anilines is 2. The van der Waals surface area contributed by atoms with Gasteiger partial charge in [-0.3, -0.25) is 0 Å². The van der Waals surface area contributed by atoms with E-state index in [0.29, 0.717) is 0 Å². The fourth-order valence-electron chi connectivity index (χ4n) is 6.99. The van der Waals surface area contributed by atoms with Gasteiger partial charge >= 0.3 is 0 Å². The predicted octanol–water partition coefficient (Wildman–Crippen LogP) is 11.7. The molecule has 2 heteroatoms. The molecule has 0 saturated heterocycles. The van der Waals surface area contributed by atoms with Crippen LogP contribution in [0.5, 0.6) is 0 Å². The molecule has 3 aliphatic carbocycles. The van der Waals surface area contributed by atoms with Crippen LogP contribution in [0.3, 0.4) is 0 Å². The Balaban J connectivity index is 1.26. The average Bonchev–Trinajstić information content (AvgIpc) is 3.50. The minimum atomic E-state index is 0.215. The van der Waals surface area contributed by atoms with Gasteiger partial charge in [0, 0.05) is 28.3 Å². The van der Waals surface area contributed by atoms with Gasteiger partial charge < -0.3 is 9.32 Å². The molecule has 0 aliphatic heterocycles. The van der Waals surface area contributed by atoms with Gasteiger partial charge in [0.05, 0.1) is 5.69 Å². The van der Waals surface area contributed by atoms with E-state index in [1.54, 1.807) is 0 Å². The van der Waals surface area contributed by atoms with Gasteiger partial charge in [-0.05, 0) is 84.2 Å². The highest BCUT2D eigenvalue weighted by Crippen LogP contribution is 2.46. The maximum atomic E-state index is 6.94. The van der Waals surface area contributed by atoms with Crippen LogP contribution < -0.4 is 4.90 Å². The maximum Gasteiger partial charge on any atom is 0.158 e. The first-order chi connectivity index (χ1) is 21.8. The number of benzene rings is 4. The molecule has 0 radical (unpaired) electrons. The summed E-state index contributed by atoms with van der Waals surface area (Å²) < 4.78 is 6.94. The van der Waals surface area contributed by atoms with Crippen molar-refractivity contribution in [2.45, 2.75) is 38.0 Å². The third-order valence-corrected chi connectivity index (χ3v) is 9.25. The molecule has 0 amide bonds. The number of hydrogen-bond acceptors (Lipinski definition) is 2. The molecule has 214 valence electrons. The molecule has 4 aromatic carbocycles. The van der Waals surface area contributed by atoms with Crippen molar-refractivity contribution < 1.29 is 4.42 Å². The lowest BCUT2D eigenvalue weighted by molar-refractivity contribution is 0.517. The van der Waals surface area contributed by atoms with Crippen molar-refractivity contribution >= 4 is 28.4 Å². The Morgan fingerprint density at radius 2 is 1.41 bits per heavy atom. The number of para-hydroxylation sites is 1. The molecule has 3 aliphatic rings. The van der Waals surface area contributed by atoms with Crippen LogP contribution >= 0.6 is 0 Å². The molecule has 0 saturated carbocycles. The predicted molar refractivity (Wildman–Crippen MR) is 184 cm³/mol. The molecular formula is C42H35NO. The zero-order valence-corrected chi connectivity index (χ0v) is 24.8. The van der Waals surface area contributed by atoms with E-state index in [9.17, 15) is 0 Å². The van der Waals surface area contributed by atoms with Crippen LogP contribution in [0.15, 0.2) is 161 Å². The molecule has 1 unspecified atom stereocenters. The molecule has 44 heavy (non-hydrogen) atoms. The van der Waals surface area contributed by atoms with E-state index in [2.05, 4.69) is 151 Å².